The molecule has 0 radical (unpaired) electrons. The topological polar surface area (TPSA) is 74.9 Å². The molecule has 8 heteroatoms. The summed E-state index contributed by atoms with van der Waals surface area (Å²) in [5.74, 6) is 0.398. The van der Waals surface area contributed by atoms with Gasteiger partial charge in [0.2, 0.25) is 11.8 Å². The van der Waals surface area contributed by atoms with Crippen LogP contribution in [0.25, 0.3) is 10.9 Å². The van der Waals surface area contributed by atoms with Crippen molar-refractivity contribution in [3.05, 3.63) is 94.9 Å². The van der Waals surface area contributed by atoms with Gasteiger partial charge in [-0.2, -0.15) is 0 Å². The molecule has 2 aliphatic heterocycles. The second kappa shape index (κ2) is 8.96. The number of nitrogens with one attached hydrogen (secondary N) is 1. The molecule has 1 fully saturated rings. The molecule has 1 unspecified atom stereocenters. The number of rotatable bonds is 5. The van der Waals surface area contributed by atoms with Crippen molar-refractivity contribution in [3.63, 3.8) is 0 Å². The molecule has 0 aliphatic carbocycles. The number of carbonyl (C=O) groups excluding carboxylic acids is 2. The molecule has 4 aromatic rings. The fraction of sp³-hybridized carbons (Fsp3) is 0.241. The van der Waals surface area contributed by atoms with E-state index in [9.17, 15) is 14.0 Å². The zero-order valence-corrected chi connectivity index (χ0v) is 20.5. The number of fused-ring (bicyclic) bond motifs is 4. The monoisotopic (exact) mass is 499 g/mol. The van der Waals surface area contributed by atoms with Crippen LogP contribution in [0.2, 0.25) is 0 Å². The first kappa shape index (κ1) is 23.1. The number of benzene rings is 3. The minimum atomic E-state index is -0.736. The lowest BCUT2D eigenvalue weighted by molar-refractivity contribution is -0.159. The Hall–Kier alpha value is -4.33. The Kier molecular flexibility index (Phi) is 5.59. The van der Waals surface area contributed by atoms with Gasteiger partial charge in [-0.1, -0.05) is 36.4 Å². The Morgan fingerprint density at radius 1 is 1.00 bits per heavy atom. The van der Waals surface area contributed by atoms with Crippen molar-refractivity contribution >= 4 is 22.7 Å². The van der Waals surface area contributed by atoms with Gasteiger partial charge in [0.1, 0.15) is 35.9 Å². The minimum absolute atomic E-state index is 0.0372. The molecule has 188 valence electrons. The van der Waals surface area contributed by atoms with Gasteiger partial charge in [-0.25, -0.2) is 4.39 Å². The van der Waals surface area contributed by atoms with Crippen LogP contribution in [0.3, 0.4) is 0 Å². The van der Waals surface area contributed by atoms with Crippen LogP contribution in [0.1, 0.15) is 28.4 Å². The molecule has 2 atom stereocenters. The van der Waals surface area contributed by atoms with Gasteiger partial charge in [0.15, 0.2) is 0 Å². The van der Waals surface area contributed by atoms with Crippen LogP contribution < -0.4 is 9.47 Å². The van der Waals surface area contributed by atoms with Gasteiger partial charge in [-0.15, -0.1) is 0 Å². The zero-order valence-electron chi connectivity index (χ0n) is 20.5. The number of aromatic amines is 1. The Morgan fingerprint density at radius 2 is 1.78 bits per heavy atom. The molecule has 6 rings (SSSR count). The molecule has 0 bridgehead atoms. The van der Waals surface area contributed by atoms with Crippen LogP contribution in [0.4, 0.5) is 4.39 Å². The second-order valence-electron chi connectivity index (χ2n) is 9.38. The van der Waals surface area contributed by atoms with Crippen molar-refractivity contribution in [3.8, 4) is 11.5 Å². The Labute approximate surface area is 213 Å². The molecule has 0 spiro atoms. The number of halogens is 1. The first-order chi connectivity index (χ1) is 18.0. The number of piperazine rings is 1. The Bertz CT molecular complexity index is 1530. The van der Waals surface area contributed by atoms with Gasteiger partial charge < -0.3 is 24.3 Å². The molecule has 3 heterocycles. The molecular formula is C29H26FN3O4. The van der Waals surface area contributed by atoms with Crippen LogP contribution in [-0.4, -0.2) is 53.4 Å². The summed E-state index contributed by atoms with van der Waals surface area (Å²) in [6, 6.07) is 18.4. The van der Waals surface area contributed by atoms with Crippen LogP contribution in [-0.2, 0) is 22.6 Å². The summed E-state index contributed by atoms with van der Waals surface area (Å²) in [5, 5.41) is 1.01. The number of para-hydroxylation sites is 1. The second-order valence-corrected chi connectivity index (χ2v) is 9.38. The molecule has 0 saturated carbocycles. The van der Waals surface area contributed by atoms with Crippen molar-refractivity contribution in [1.82, 2.24) is 14.8 Å². The lowest BCUT2D eigenvalue weighted by Crippen LogP contribution is -2.62. The van der Waals surface area contributed by atoms with E-state index < -0.39 is 17.9 Å². The third-order valence-electron chi connectivity index (χ3n) is 7.39. The van der Waals surface area contributed by atoms with E-state index >= 15 is 0 Å². The number of carbonyl (C=O) groups is 2. The van der Waals surface area contributed by atoms with E-state index in [1.54, 1.807) is 49.5 Å². The number of ether oxygens (including phenoxy) is 2. The SMILES string of the molecule is COc1ccc(OC)c(C2c3[nH]c4ccccc4c3C[C@H]3C(=O)N(Cc4ccccc4F)CC(=O)N23)c1. The molecule has 3 aromatic carbocycles. The molecule has 1 N–H and O–H groups in total. The lowest BCUT2D eigenvalue weighted by atomic mass is 9.85. The summed E-state index contributed by atoms with van der Waals surface area (Å²) in [5.41, 5.74) is 3.88. The van der Waals surface area contributed by atoms with Gasteiger partial charge in [0.25, 0.3) is 0 Å². The van der Waals surface area contributed by atoms with Crippen LogP contribution >= 0.6 is 0 Å². The third-order valence-corrected chi connectivity index (χ3v) is 7.39. The number of hydrogen-bond donors (Lipinski definition) is 1. The Morgan fingerprint density at radius 3 is 2.57 bits per heavy atom. The molecule has 7 nitrogen and oxygen atoms in total. The fourth-order valence-corrected chi connectivity index (χ4v) is 5.67. The van der Waals surface area contributed by atoms with Gasteiger partial charge in [0, 0.05) is 40.7 Å². The predicted octanol–water partition coefficient (Wildman–Crippen LogP) is 4.21. The number of amides is 2. The van der Waals surface area contributed by atoms with Crippen molar-refractivity contribution in [2.45, 2.75) is 25.0 Å². The highest BCUT2D eigenvalue weighted by atomic mass is 19.1. The molecule has 2 amide bonds. The van der Waals surface area contributed by atoms with Crippen molar-refractivity contribution < 1.29 is 23.5 Å². The average molecular weight is 500 g/mol. The van der Waals surface area contributed by atoms with Crippen molar-refractivity contribution in [1.29, 1.82) is 0 Å². The standard InChI is InChI=1S/C29H26FN3O4/c1-36-18-11-12-25(37-2)21(13-18)28-27-20(19-8-4-6-10-23(19)31-27)14-24-29(35)32(16-26(34)33(24)28)15-17-7-3-5-9-22(17)30/h3-13,24,28,31H,14-16H2,1-2H3/t24-,28?/m0/s1. The minimum Gasteiger partial charge on any atom is -0.497 e. The zero-order chi connectivity index (χ0) is 25.7. The maximum Gasteiger partial charge on any atom is 0.246 e. The summed E-state index contributed by atoms with van der Waals surface area (Å²) >= 11 is 0. The lowest BCUT2D eigenvalue weighted by Gasteiger charge is -2.47. The number of methoxy groups -OCH3 is 2. The summed E-state index contributed by atoms with van der Waals surface area (Å²) in [7, 11) is 3.16. The summed E-state index contributed by atoms with van der Waals surface area (Å²) in [6.45, 7) is -0.0997. The molecule has 2 aliphatic rings. The molecular weight excluding hydrogens is 473 g/mol. The van der Waals surface area contributed by atoms with E-state index in [4.69, 9.17) is 9.47 Å². The van der Waals surface area contributed by atoms with Gasteiger partial charge in [0.05, 0.1) is 14.2 Å². The largest absolute Gasteiger partial charge is 0.497 e. The smallest absolute Gasteiger partial charge is 0.246 e. The predicted molar refractivity (Wildman–Crippen MR) is 136 cm³/mol. The quantitative estimate of drug-likeness (QED) is 0.447. The number of hydrogen-bond acceptors (Lipinski definition) is 4. The van der Waals surface area contributed by atoms with Gasteiger partial charge in [-0.3, -0.25) is 9.59 Å². The first-order valence-corrected chi connectivity index (χ1v) is 12.1. The molecule has 1 aromatic heterocycles. The maximum atomic E-state index is 14.4. The highest BCUT2D eigenvalue weighted by Crippen LogP contribution is 2.45. The number of H-pyrrole nitrogens is 1. The van der Waals surface area contributed by atoms with E-state index in [-0.39, 0.29) is 24.9 Å². The Balaban J connectivity index is 1.50. The van der Waals surface area contributed by atoms with Crippen LogP contribution in [0.5, 0.6) is 11.5 Å². The number of aromatic nitrogens is 1. The summed E-state index contributed by atoms with van der Waals surface area (Å²) in [6.07, 6.45) is 0.362. The van der Waals surface area contributed by atoms with E-state index in [2.05, 4.69) is 4.98 Å². The summed E-state index contributed by atoms with van der Waals surface area (Å²) in [4.78, 5) is 34.3. The summed E-state index contributed by atoms with van der Waals surface area (Å²) < 4.78 is 25.6. The van der Waals surface area contributed by atoms with E-state index in [0.29, 0.717) is 23.5 Å². The number of nitrogens with zero attached hydrogens (tertiary/aromatic N) is 2. The van der Waals surface area contributed by atoms with E-state index in [1.807, 2.05) is 30.3 Å². The van der Waals surface area contributed by atoms with Gasteiger partial charge >= 0.3 is 0 Å². The van der Waals surface area contributed by atoms with Gasteiger partial charge in [-0.05, 0) is 35.9 Å². The first-order valence-electron chi connectivity index (χ1n) is 12.1. The fourth-order valence-electron chi connectivity index (χ4n) is 5.67. The van der Waals surface area contributed by atoms with Crippen LogP contribution in [0.15, 0.2) is 66.7 Å². The van der Waals surface area contributed by atoms with Crippen molar-refractivity contribution in [2.75, 3.05) is 20.8 Å². The molecule has 37 heavy (non-hydrogen) atoms. The van der Waals surface area contributed by atoms with Crippen LogP contribution in [0, 0.1) is 5.82 Å². The molecule has 1 saturated heterocycles. The van der Waals surface area contributed by atoms with E-state index in [1.165, 1.54) is 11.0 Å². The average Bonchev–Trinajstić information content (AvgIpc) is 3.29. The normalized spacial score (nSPS) is 19.1. The maximum absolute atomic E-state index is 14.4. The van der Waals surface area contributed by atoms with Crippen molar-refractivity contribution in [2.24, 2.45) is 0 Å². The highest BCUT2D eigenvalue weighted by Gasteiger charge is 2.49. The third kappa shape index (κ3) is 3.71. The highest BCUT2D eigenvalue weighted by molar-refractivity contribution is 5.97. The van der Waals surface area contributed by atoms with E-state index in [0.717, 1.165) is 27.7 Å².